The number of benzene rings is 2. The van der Waals surface area contributed by atoms with Gasteiger partial charge in [0.15, 0.2) is 0 Å². The summed E-state index contributed by atoms with van der Waals surface area (Å²) < 4.78 is 0. The van der Waals surface area contributed by atoms with E-state index in [2.05, 4.69) is 5.32 Å². The van der Waals surface area contributed by atoms with Gasteiger partial charge in [-0.25, -0.2) is 0 Å². The Morgan fingerprint density at radius 2 is 1.75 bits per heavy atom. The average Bonchev–Trinajstić information content (AvgIpc) is 2.49. The molecule has 0 aliphatic carbocycles. The minimum Gasteiger partial charge on any atom is -0.354 e. The van der Waals surface area contributed by atoms with Crippen molar-refractivity contribution in [2.45, 2.75) is 12.5 Å². The largest absolute Gasteiger partial charge is 0.354 e. The lowest BCUT2D eigenvalue weighted by Gasteiger charge is -2.12. The molecule has 0 radical (unpaired) electrons. The molecule has 104 valence electrons. The van der Waals surface area contributed by atoms with Crippen molar-refractivity contribution >= 4 is 17.5 Å². The Kier molecular flexibility index (Phi) is 5.16. The Bertz CT molecular complexity index is 554. The zero-order chi connectivity index (χ0) is 14.4. The highest BCUT2D eigenvalue weighted by atomic mass is 35.5. The Hall–Kier alpha value is -1.84. The number of carbonyl (C=O) groups is 1. The Labute approximate surface area is 123 Å². The highest BCUT2D eigenvalue weighted by Crippen LogP contribution is 2.11. The molecule has 3 nitrogen and oxygen atoms in total. The number of halogens is 1. The van der Waals surface area contributed by atoms with E-state index in [0.717, 1.165) is 17.5 Å². The SMILES string of the molecule is N[C@H](C(=O)NCCc1ccc(Cl)cc1)c1ccccc1. The second-order valence-corrected chi connectivity index (χ2v) is 4.99. The summed E-state index contributed by atoms with van der Waals surface area (Å²) in [6.07, 6.45) is 0.754. The summed E-state index contributed by atoms with van der Waals surface area (Å²) in [5, 5.41) is 3.56. The third-order valence-corrected chi connectivity index (χ3v) is 3.32. The van der Waals surface area contributed by atoms with Crippen molar-refractivity contribution in [2.24, 2.45) is 5.73 Å². The zero-order valence-electron chi connectivity index (χ0n) is 11.1. The Balaban J connectivity index is 1.82. The number of nitrogens with two attached hydrogens (primary N) is 1. The van der Waals surface area contributed by atoms with E-state index < -0.39 is 6.04 Å². The van der Waals surface area contributed by atoms with Crippen LogP contribution < -0.4 is 11.1 Å². The van der Waals surface area contributed by atoms with Gasteiger partial charge in [0, 0.05) is 11.6 Å². The summed E-state index contributed by atoms with van der Waals surface area (Å²) in [5.74, 6) is -0.162. The van der Waals surface area contributed by atoms with Crippen LogP contribution in [-0.2, 0) is 11.2 Å². The standard InChI is InChI=1S/C16H17ClN2O/c17-14-8-6-12(7-9-14)10-11-19-16(20)15(18)13-4-2-1-3-5-13/h1-9,15H,10-11,18H2,(H,19,20)/t15-/m0/s1. The fourth-order valence-electron chi connectivity index (χ4n) is 1.90. The van der Waals surface area contributed by atoms with E-state index >= 15 is 0 Å². The third kappa shape index (κ3) is 4.08. The van der Waals surface area contributed by atoms with Crippen molar-refractivity contribution in [3.8, 4) is 0 Å². The molecule has 0 bridgehead atoms. The number of rotatable bonds is 5. The quantitative estimate of drug-likeness (QED) is 0.889. The van der Waals surface area contributed by atoms with Crippen LogP contribution in [0.3, 0.4) is 0 Å². The van der Waals surface area contributed by atoms with Crippen molar-refractivity contribution in [1.29, 1.82) is 0 Å². The first-order valence-corrected chi connectivity index (χ1v) is 6.87. The number of hydrogen-bond acceptors (Lipinski definition) is 2. The minimum absolute atomic E-state index is 0.162. The molecule has 0 aliphatic heterocycles. The maximum atomic E-state index is 11.9. The van der Waals surface area contributed by atoms with Crippen LogP contribution in [-0.4, -0.2) is 12.5 Å². The van der Waals surface area contributed by atoms with Crippen molar-refractivity contribution in [3.63, 3.8) is 0 Å². The molecular weight excluding hydrogens is 272 g/mol. The summed E-state index contributed by atoms with van der Waals surface area (Å²) in [7, 11) is 0. The van der Waals surface area contributed by atoms with Crippen molar-refractivity contribution in [2.75, 3.05) is 6.54 Å². The second-order valence-electron chi connectivity index (χ2n) is 4.56. The molecule has 0 saturated carbocycles. The summed E-state index contributed by atoms with van der Waals surface area (Å²) in [5.41, 5.74) is 7.85. The number of hydrogen-bond donors (Lipinski definition) is 2. The molecule has 0 spiro atoms. The van der Waals surface area contributed by atoms with Crippen LogP contribution in [0.4, 0.5) is 0 Å². The molecule has 2 rings (SSSR count). The van der Waals surface area contributed by atoms with E-state index in [1.54, 1.807) is 0 Å². The minimum atomic E-state index is -0.624. The second kappa shape index (κ2) is 7.08. The lowest BCUT2D eigenvalue weighted by Crippen LogP contribution is -2.35. The molecule has 0 unspecified atom stereocenters. The summed E-state index contributed by atoms with van der Waals surface area (Å²) in [4.78, 5) is 11.9. The molecule has 0 saturated heterocycles. The van der Waals surface area contributed by atoms with Gasteiger partial charge in [-0.05, 0) is 29.7 Å². The van der Waals surface area contributed by atoms with Crippen molar-refractivity contribution in [3.05, 3.63) is 70.7 Å². The number of amides is 1. The fraction of sp³-hybridized carbons (Fsp3) is 0.188. The van der Waals surface area contributed by atoms with Crippen LogP contribution in [0, 0.1) is 0 Å². The molecule has 0 aliphatic rings. The molecule has 0 aromatic heterocycles. The highest BCUT2D eigenvalue weighted by molar-refractivity contribution is 6.30. The molecule has 3 N–H and O–H groups in total. The van der Waals surface area contributed by atoms with Gasteiger partial charge in [0.2, 0.25) is 5.91 Å². The number of nitrogens with one attached hydrogen (secondary N) is 1. The molecule has 1 amide bonds. The topological polar surface area (TPSA) is 55.1 Å². The molecule has 20 heavy (non-hydrogen) atoms. The lowest BCUT2D eigenvalue weighted by atomic mass is 10.1. The molecule has 0 heterocycles. The maximum absolute atomic E-state index is 11.9. The summed E-state index contributed by atoms with van der Waals surface area (Å²) >= 11 is 5.82. The molecule has 1 atom stereocenters. The Morgan fingerprint density at radius 3 is 2.40 bits per heavy atom. The van der Waals surface area contributed by atoms with Gasteiger partial charge in [-0.3, -0.25) is 4.79 Å². The van der Waals surface area contributed by atoms with E-state index in [0.29, 0.717) is 11.6 Å². The van der Waals surface area contributed by atoms with Crippen LogP contribution in [0.1, 0.15) is 17.2 Å². The van der Waals surface area contributed by atoms with E-state index in [4.69, 9.17) is 17.3 Å². The zero-order valence-corrected chi connectivity index (χ0v) is 11.8. The van der Waals surface area contributed by atoms with Gasteiger partial charge in [-0.2, -0.15) is 0 Å². The first-order chi connectivity index (χ1) is 9.66. The molecule has 0 fully saturated rings. The van der Waals surface area contributed by atoms with Gasteiger partial charge in [-0.15, -0.1) is 0 Å². The first kappa shape index (κ1) is 14.6. The van der Waals surface area contributed by atoms with Crippen molar-refractivity contribution < 1.29 is 4.79 Å². The third-order valence-electron chi connectivity index (χ3n) is 3.07. The molecular formula is C16H17ClN2O. The van der Waals surface area contributed by atoms with Gasteiger partial charge in [0.05, 0.1) is 0 Å². The maximum Gasteiger partial charge on any atom is 0.241 e. The van der Waals surface area contributed by atoms with Crippen LogP contribution in [0.15, 0.2) is 54.6 Å². The highest BCUT2D eigenvalue weighted by Gasteiger charge is 2.14. The van der Waals surface area contributed by atoms with E-state index in [1.807, 2.05) is 54.6 Å². The van der Waals surface area contributed by atoms with Crippen LogP contribution in [0.5, 0.6) is 0 Å². The monoisotopic (exact) mass is 288 g/mol. The normalized spacial score (nSPS) is 11.9. The summed E-state index contributed by atoms with van der Waals surface area (Å²) in [6, 6.07) is 16.3. The van der Waals surface area contributed by atoms with Gasteiger partial charge >= 0.3 is 0 Å². The van der Waals surface area contributed by atoms with Gasteiger partial charge in [0.1, 0.15) is 6.04 Å². The lowest BCUT2D eigenvalue weighted by molar-refractivity contribution is -0.122. The molecule has 2 aromatic rings. The van der Waals surface area contributed by atoms with Gasteiger partial charge in [0.25, 0.3) is 0 Å². The predicted octanol–water partition coefficient (Wildman–Crippen LogP) is 2.70. The van der Waals surface area contributed by atoms with Crippen LogP contribution in [0.2, 0.25) is 5.02 Å². The Morgan fingerprint density at radius 1 is 1.10 bits per heavy atom. The first-order valence-electron chi connectivity index (χ1n) is 6.49. The van der Waals surface area contributed by atoms with Crippen LogP contribution >= 0.6 is 11.6 Å². The predicted molar refractivity (Wildman–Crippen MR) is 81.5 cm³/mol. The smallest absolute Gasteiger partial charge is 0.241 e. The van der Waals surface area contributed by atoms with E-state index in [1.165, 1.54) is 0 Å². The molecule has 4 heteroatoms. The van der Waals surface area contributed by atoms with Gasteiger partial charge < -0.3 is 11.1 Å². The average molecular weight is 289 g/mol. The van der Waals surface area contributed by atoms with E-state index in [9.17, 15) is 4.79 Å². The van der Waals surface area contributed by atoms with Crippen LogP contribution in [0.25, 0.3) is 0 Å². The van der Waals surface area contributed by atoms with Crippen molar-refractivity contribution in [1.82, 2.24) is 5.32 Å². The van der Waals surface area contributed by atoms with E-state index in [-0.39, 0.29) is 5.91 Å². The fourth-order valence-corrected chi connectivity index (χ4v) is 2.03. The van der Waals surface area contributed by atoms with Gasteiger partial charge in [-0.1, -0.05) is 54.1 Å². The number of carbonyl (C=O) groups excluding carboxylic acids is 1. The summed E-state index contributed by atoms with van der Waals surface area (Å²) in [6.45, 7) is 0.557. The molecule has 2 aromatic carbocycles.